The highest BCUT2D eigenvalue weighted by Crippen LogP contribution is 2.12. The van der Waals surface area contributed by atoms with Crippen LogP contribution < -0.4 is 21.7 Å². The van der Waals surface area contributed by atoms with Crippen molar-refractivity contribution in [3.63, 3.8) is 0 Å². The molecule has 4 unspecified atom stereocenters. The van der Waals surface area contributed by atoms with Crippen LogP contribution in [-0.2, 0) is 32.0 Å². The lowest BCUT2D eigenvalue weighted by atomic mass is 10.0. The number of carbonyl (C=O) groups is 4. The standard InChI is InChI=1S/C28H38N4O6S/c1-17(2)24(28(37)38)32-26(35)22(13-14-39-3)30-27(36)23(16-18-7-5-4-6-8-18)31-25(34)21(29)15-19-9-11-20(33)12-10-19/h4-12,17,21-24,33H,13-16,29H2,1-3H3,(H,30,36)(H,31,34)(H,32,35)(H,37,38). The van der Waals surface area contributed by atoms with Gasteiger partial charge in [0.05, 0.1) is 6.04 Å². The van der Waals surface area contributed by atoms with Crippen molar-refractivity contribution in [3.8, 4) is 5.75 Å². The molecule has 0 aliphatic heterocycles. The Hall–Kier alpha value is -3.57. The summed E-state index contributed by atoms with van der Waals surface area (Å²) in [6, 6.07) is 11.3. The van der Waals surface area contributed by atoms with Gasteiger partial charge >= 0.3 is 5.97 Å². The van der Waals surface area contributed by atoms with Crippen molar-refractivity contribution in [2.45, 2.75) is 57.3 Å². The Balaban J connectivity index is 2.20. The zero-order chi connectivity index (χ0) is 28.9. The number of benzene rings is 2. The first-order valence-electron chi connectivity index (χ1n) is 12.7. The zero-order valence-corrected chi connectivity index (χ0v) is 23.2. The first kappa shape index (κ1) is 31.6. The van der Waals surface area contributed by atoms with Crippen LogP contribution >= 0.6 is 11.8 Å². The molecule has 0 aliphatic rings. The van der Waals surface area contributed by atoms with Gasteiger partial charge in [-0.25, -0.2) is 4.79 Å². The number of hydrogen-bond acceptors (Lipinski definition) is 7. The van der Waals surface area contributed by atoms with Gasteiger partial charge in [-0.2, -0.15) is 11.8 Å². The number of aromatic hydroxyl groups is 1. The second kappa shape index (κ2) is 15.7. The lowest BCUT2D eigenvalue weighted by Gasteiger charge is -2.26. The second-order valence-corrected chi connectivity index (χ2v) is 10.6. The van der Waals surface area contributed by atoms with E-state index in [1.54, 1.807) is 26.0 Å². The first-order chi connectivity index (χ1) is 18.5. The molecule has 2 rings (SSSR count). The molecule has 0 aliphatic carbocycles. The molecule has 0 radical (unpaired) electrons. The number of hydrogen-bond donors (Lipinski definition) is 6. The number of amides is 3. The van der Waals surface area contributed by atoms with Crippen molar-refractivity contribution in [3.05, 3.63) is 65.7 Å². The van der Waals surface area contributed by atoms with Crippen LogP contribution in [0.1, 0.15) is 31.4 Å². The molecule has 11 heteroatoms. The summed E-state index contributed by atoms with van der Waals surface area (Å²) in [4.78, 5) is 51.0. The normalized spacial score (nSPS) is 14.1. The molecule has 10 nitrogen and oxygen atoms in total. The minimum Gasteiger partial charge on any atom is -0.508 e. The molecule has 0 bridgehead atoms. The number of carbonyl (C=O) groups excluding carboxylic acids is 3. The third-order valence-corrected chi connectivity index (χ3v) is 6.76. The molecule has 4 atom stereocenters. The Morgan fingerprint density at radius 2 is 1.38 bits per heavy atom. The molecule has 0 heterocycles. The summed E-state index contributed by atoms with van der Waals surface area (Å²) in [6.45, 7) is 3.36. The predicted octanol–water partition coefficient (Wildman–Crippen LogP) is 1.45. The molecular weight excluding hydrogens is 520 g/mol. The van der Waals surface area contributed by atoms with Gasteiger partial charge in [-0.3, -0.25) is 14.4 Å². The van der Waals surface area contributed by atoms with E-state index in [0.29, 0.717) is 5.75 Å². The summed E-state index contributed by atoms with van der Waals surface area (Å²) in [6.07, 6.45) is 2.48. The smallest absolute Gasteiger partial charge is 0.326 e. The Bertz CT molecular complexity index is 1100. The van der Waals surface area contributed by atoms with E-state index in [0.717, 1.165) is 11.1 Å². The fraction of sp³-hybridized carbons (Fsp3) is 0.429. The van der Waals surface area contributed by atoms with E-state index in [-0.39, 0.29) is 30.9 Å². The summed E-state index contributed by atoms with van der Waals surface area (Å²) < 4.78 is 0. The molecule has 39 heavy (non-hydrogen) atoms. The van der Waals surface area contributed by atoms with Gasteiger partial charge in [0, 0.05) is 6.42 Å². The van der Waals surface area contributed by atoms with Gasteiger partial charge in [0.25, 0.3) is 0 Å². The third kappa shape index (κ3) is 10.6. The van der Waals surface area contributed by atoms with E-state index in [2.05, 4.69) is 16.0 Å². The fourth-order valence-electron chi connectivity index (χ4n) is 3.86. The largest absolute Gasteiger partial charge is 0.508 e. The molecule has 0 saturated carbocycles. The molecule has 3 amide bonds. The van der Waals surface area contributed by atoms with Crippen molar-refractivity contribution in [1.29, 1.82) is 0 Å². The average Bonchev–Trinajstić information content (AvgIpc) is 2.90. The van der Waals surface area contributed by atoms with Crippen molar-refractivity contribution < 1.29 is 29.4 Å². The summed E-state index contributed by atoms with van der Waals surface area (Å²) in [5.41, 5.74) is 7.66. The SMILES string of the molecule is CSCCC(NC(=O)C(Cc1ccccc1)NC(=O)C(N)Cc1ccc(O)cc1)C(=O)NC(C(=O)O)C(C)C. The Morgan fingerprint density at radius 3 is 1.95 bits per heavy atom. The van der Waals surface area contributed by atoms with Crippen molar-refractivity contribution >= 4 is 35.5 Å². The molecule has 2 aromatic carbocycles. The maximum absolute atomic E-state index is 13.4. The van der Waals surface area contributed by atoms with E-state index >= 15 is 0 Å². The van der Waals surface area contributed by atoms with Gasteiger partial charge in [-0.1, -0.05) is 56.3 Å². The minimum absolute atomic E-state index is 0.0968. The summed E-state index contributed by atoms with van der Waals surface area (Å²) >= 11 is 1.48. The monoisotopic (exact) mass is 558 g/mol. The molecule has 7 N–H and O–H groups in total. The van der Waals surface area contributed by atoms with Gasteiger partial charge in [0.15, 0.2) is 0 Å². The lowest BCUT2D eigenvalue weighted by molar-refractivity contribution is -0.143. The Kier molecular flexibility index (Phi) is 12.8. The van der Waals surface area contributed by atoms with E-state index < -0.39 is 47.9 Å². The molecule has 0 aromatic heterocycles. The van der Waals surface area contributed by atoms with Gasteiger partial charge in [0.2, 0.25) is 17.7 Å². The molecule has 0 spiro atoms. The van der Waals surface area contributed by atoms with Crippen molar-refractivity contribution in [2.75, 3.05) is 12.0 Å². The van der Waals surface area contributed by atoms with Gasteiger partial charge in [-0.15, -0.1) is 0 Å². The molecule has 2 aromatic rings. The van der Waals surface area contributed by atoms with Crippen LogP contribution in [-0.4, -0.2) is 70.1 Å². The number of phenolic OH excluding ortho intramolecular Hbond substituents is 1. The number of carboxylic acids is 1. The first-order valence-corrected chi connectivity index (χ1v) is 14.1. The topological polar surface area (TPSA) is 171 Å². The maximum atomic E-state index is 13.4. The molecule has 0 saturated heterocycles. The van der Waals surface area contributed by atoms with Crippen LogP contribution in [0.4, 0.5) is 0 Å². The lowest BCUT2D eigenvalue weighted by Crippen LogP contribution is -2.58. The number of phenols is 1. The van der Waals surface area contributed by atoms with Crippen LogP contribution in [0, 0.1) is 5.92 Å². The second-order valence-electron chi connectivity index (χ2n) is 9.64. The Morgan fingerprint density at radius 1 is 0.821 bits per heavy atom. The van der Waals surface area contributed by atoms with Gasteiger partial charge < -0.3 is 31.9 Å². The van der Waals surface area contributed by atoms with Gasteiger partial charge in [-0.05, 0) is 54.0 Å². The van der Waals surface area contributed by atoms with E-state index in [1.165, 1.54) is 23.9 Å². The van der Waals surface area contributed by atoms with Crippen LogP contribution in [0.3, 0.4) is 0 Å². The highest BCUT2D eigenvalue weighted by atomic mass is 32.2. The quantitative estimate of drug-likeness (QED) is 0.191. The van der Waals surface area contributed by atoms with Crippen LogP contribution in [0.15, 0.2) is 54.6 Å². The highest BCUT2D eigenvalue weighted by Gasteiger charge is 2.31. The number of thioether (sulfide) groups is 1. The molecule has 212 valence electrons. The molecular formula is C28H38N4O6S. The van der Waals surface area contributed by atoms with Gasteiger partial charge in [0.1, 0.15) is 23.9 Å². The number of carboxylic acid groups (broad SMARTS) is 1. The summed E-state index contributed by atoms with van der Waals surface area (Å²) in [5, 5.41) is 26.9. The average molecular weight is 559 g/mol. The minimum atomic E-state index is -1.16. The number of nitrogens with two attached hydrogens (primary N) is 1. The van der Waals surface area contributed by atoms with E-state index in [9.17, 15) is 29.4 Å². The van der Waals surface area contributed by atoms with Crippen molar-refractivity contribution in [1.82, 2.24) is 16.0 Å². The van der Waals surface area contributed by atoms with Crippen LogP contribution in [0.25, 0.3) is 0 Å². The molecule has 0 fully saturated rings. The van der Waals surface area contributed by atoms with E-state index in [1.807, 2.05) is 36.6 Å². The zero-order valence-electron chi connectivity index (χ0n) is 22.4. The number of nitrogens with one attached hydrogen (secondary N) is 3. The highest BCUT2D eigenvalue weighted by molar-refractivity contribution is 7.98. The maximum Gasteiger partial charge on any atom is 0.326 e. The van der Waals surface area contributed by atoms with Crippen LogP contribution in [0.2, 0.25) is 0 Å². The third-order valence-electron chi connectivity index (χ3n) is 6.12. The number of aliphatic carboxylic acids is 1. The summed E-state index contributed by atoms with van der Waals surface area (Å²) in [5.74, 6) is -2.61. The van der Waals surface area contributed by atoms with E-state index in [4.69, 9.17) is 5.73 Å². The van der Waals surface area contributed by atoms with Crippen LogP contribution in [0.5, 0.6) is 5.75 Å². The van der Waals surface area contributed by atoms with Crippen molar-refractivity contribution in [2.24, 2.45) is 11.7 Å². The predicted molar refractivity (Wildman–Crippen MR) is 151 cm³/mol. The summed E-state index contributed by atoms with van der Waals surface area (Å²) in [7, 11) is 0. The number of rotatable bonds is 15. The Labute approximate surface area is 233 Å². The fourth-order valence-corrected chi connectivity index (χ4v) is 4.33.